The van der Waals surface area contributed by atoms with Crippen molar-refractivity contribution in [3.8, 4) is 0 Å². The number of hydrogen-bond donors (Lipinski definition) is 0. The number of esters is 1. The second-order valence-corrected chi connectivity index (χ2v) is 5.58. The van der Waals surface area contributed by atoms with Crippen LogP contribution in [-0.2, 0) is 18.6 Å². The summed E-state index contributed by atoms with van der Waals surface area (Å²) < 4.78 is 15.4. The molecule has 15 heavy (non-hydrogen) atoms. The van der Waals surface area contributed by atoms with Crippen LogP contribution in [0.5, 0.6) is 0 Å². The van der Waals surface area contributed by atoms with Crippen molar-refractivity contribution >= 4 is 24.9 Å². The van der Waals surface area contributed by atoms with Crippen LogP contribution in [0, 0.1) is 5.41 Å². The van der Waals surface area contributed by atoms with Gasteiger partial charge in [-0.1, -0.05) is 13.3 Å². The van der Waals surface area contributed by atoms with E-state index in [1.54, 1.807) is 6.92 Å². The summed E-state index contributed by atoms with van der Waals surface area (Å²) in [6, 6.07) is 0. The van der Waals surface area contributed by atoms with E-state index >= 15 is 0 Å². The molecular weight excluding hydrogens is 239 g/mol. The van der Waals surface area contributed by atoms with Crippen molar-refractivity contribution in [2.24, 2.45) is 5.41 Å². The molecule has 0 amide bonds. The predicted molar refractivity (Wildman–Crippen MR) is 58.7 cm³/mol. The molecule has 0 aromatic rings. The Balaban J connectivity index is 2.36. The van der Waals surface area contributed by atoms with Gasteiger partial charge in [0.25, 0.3) is 7.73 Å². The molecule has 0 aromatic carbocycles. The zero-order valence-electron chi connectivity index (χ0n) is 8.99. The Morgan fingerprint density at radius 1 is 1.53 bits per heavy atom. The fourth-order valence-electron chi connectivity index (χ4n) is 1.07. The first-order chi connectivity index (χ1) is 7.08. The average molecular weight is 255 g/mol. The van der Waals surface area contributed by atoms with Crippen LogP contribution in [0.25, 0.3) is 0 Å². The Morgan fingerprint density at radius 3 is 2.67 bits per heavy atom. The number of unbranched alkanes of at least 4 members (excludes halogenated alkanes) is 1. The molecule has 1 aliphatic rings. The minimum atomic E-state index is -1.33. The van der Waals surface area contributed by atoms with Gasteiger partial charge in [0.1, 0.15) is 5.41 Å². The van der Waals surface area contributed by atoms with Gasteiger partial charge in [0.15, 0.2) is 0 Å². The van der Waals surface area contributed by atoms with E-state index in [1.807, 2.05) is 6.92 Å². The van der Waals surface area contributed by atoms with E-state index in [1.165, 1.54) is 0 Å². The van der Waals surface area contributed by atoms with Crippen molar-refractivity contribution in [2.45, 2.75) is 26.7 Å². The second kappa shape index (κ2) is 6.00. The first-order valence-electron chi connectivity index (χ1n) is 4.97. The largest absolute Gasteiger partial charge is 0.465 e. The van der Waals surface area contributed by atoms with Crippen LogP contribution in [0.1, 0.15) is 26.7 Å². The number of carbonyl (C=O) groups excluding carboxylic acids is 1. The van der Waals surface area contributed by atoms with E-state index < -0.39 is 13.1 Å². The van der Waals surface area contributed by atoms with Crippen molar-refractivity contribution in [3.63, 3.8) is 0 Å². The number of rotatable bonds is 4. The Hall–Kier alpha value is 0.110. The summed E-state index contributed by atoms with van der Waals surface area (Å²) in [5.41, 5.74) is -0.707. The molecule has 0 saturated carbocycles. The maximum Gasteiger partial charge on any atom is 0.316 e. The van der Waals surface area contributed by atoms with Gasteiger partial charge in [0, 0.05) is 0 Å². The van der Waals surface area contributed by atoms with Gasteiger partial charge >= 0.3 is 5.97 Å². The Bertz CT molecular complexity index is 216. The fraction of sp³-hybridized carbons (Fsp3) is 0.889. The Morgan fingerprint density at radius 2 is 2.13 bits per heavy atom. The van der Waals surface area contributed by atoms with E-state index in [0.29, 0.717) is 6.61 Å². The first kappa shape index (κ1) is 13.2. The minimum absolute atomic E-state index is 0.268. The number of ether oxygens (including phenoxy) is 1. The first-order valence-corrected chi connectivity index (χ1v) is 7.06. The third kappa shape index (κ3) is 3.87. The normalized spacial score (nSPS) is 31.3. The second-order valence-electron chi connectivity index (χ2n) is 3.81. The number of hydrogen-bond acceptors (Lipinski definition) is 4. The van der Waals surface area contributed by atoms with E-state index in [2.05, 4.69) is 0 Å². The molecule has 4 nitrogen and oxygen atoms in total. The summed E-state index contributed by atoms with van der Waals surface area (Å²) in [7, 11) is -1.33. The molecule has 0 radical (unpaired) electrons. The van der Waals surface area contributed by atoms with Crippen molar-refractivity contribution in [2.75, 3.05) is 19.8 Å². The van der Waals surface area contributed by atoms with Crippen molar-refractivity contribution in [3.05, 3.63) is 0 Å². The lowest BCUT2D eigenvalue weighted by atomic mass is 9.93. The highest BCUT2D eigenvalue weighted by Gasteiger charge is 2.40. The van der Waals surface area contributed by atoms with Gasteiger partial charge in [0.2, 0.25) is 0 Å². The molecule has 0 N–H and O–H groups in total. The summed E-state index contributed by atoms with van der Waals surface area (Å²) >= 11 is 5.64. The van der Waals surface area contributed by atoms with E-state index in [-0.39, 0.29) is 19.2 Å². The van der Waals surface area contributed by atoms with Gasteiger partial charge in [-0.3, -0.25) is 4.79 Å². The molecule has 1 fully saturated rings. The molecule has 1 rings (SSSR count). The summed E-state index contributed by atoms with van der Waals surface area (Å²) in [5, 5.41) is 0. The lowest BCUT2D eigenvalue weighted by molar-refractivity contribution is -0.160. The van der Waals surface area contributed by atoms with Gasteiger partial charge in [-0.15, -0.1) is 0 Å². The van der Waals surface area contributed by atoms with E-state index in [0.717, 1.165) is 12.8 Å². The molecule has 6 heteroatoms. The SMILES string of the molecule is CCCCOC(=O)C1(C)COP(Cl)OC1. The van der Waals surface area contributed by atoms with Gasteiger partial charge in [0.05, 0.1) is 19.8 Å². The maximum absolute atomic E-state index is 11.7. The van der Waals surface area contributed by atoms with Crippen LogP contribution in [0.3, 0.4) is 0 Å². The van der Waals surface area contributed by atoms with E-state index in [9.17, 15) is 4.79 Å². The monoisotopic (exact) mass is 254 g/mol. The highest BCUT2D eigenvalue weighted by Crippen LogP contribution is 2.50. The van der Waals surface area contributed by atoms with Gasteiger partial charge in [-0.05, 0) is 24.6 Å². The molecular formula is C9H16ClO4P. The van der Waals surface area contributed by atoms with Crippen molar-refractivity contribution in [1.29, 1.82) is 0 Å². The zero-order valence-corrected chi connectivity index (χ0v) is 10.6. The molecule has 1 aliphatic heterocycles. The predicted octanol–water partition coefficient (Wildman–Crippen LogP) is 2.85. The lowest BCUT2D eigenvalue weighted by Crippen LogP contribution is -2.40. The highest BCUT2D eigenvalue weighted by molar-refractivity contribution is 7.76. The smallest absolute Gasteiger partial charge is 0.316 e. The molecule has 88 valence electrons. The number of halogens is 1. The molecule has 0 aromatic heterocycles. The molecule has 1 heterocycles. The molecule has 0 aliphatic carbocycles. The standard InChI is InChI=1S/C9H16ClO4P/c1-3-4-5-12-8(11)9(2)6-13-15(10)14-7-9/h3-7H2,1-2H3. The van der Waals surface area contributed by atoms with Crippen LogP contribution < -0.4 is 0 Å². The Labute approximate surface area is 95.9 Å². The van der Waals surface area contributed by atoms with Crippen molar-refractivity contribution < 1.29 is 18.6 Å². The fourth-order valence-corrected chi connectivity index (χ4v) is 2.21. The third-order valence-corrected chi connectivity index (χ3v) is 3.44. The van der Waals surface area contributed by atoms with Gasteiger partial charge in [-0.2, -0.15) is 0 Å². The summed E-state index contributed by atoms with van der Waals surface area (Å²) in [4.78, 5) is 11.7. The molecule has 0 atom stereocenters. The highest BCUT2D eigenvalue weighted by atomic mass is 35.7. The van der Waals surface area contributed by atoms with Crippen LogP contribution in [-0.4, -0.2) is 25.8 Å². The van der Waals surface area contributed by atoms with Crippen LogP contribution >= 0.6 is 19.0 Å². The number of carbonyl (C=O) groups is 1. The van der Waals surface area contributed by atoms with Crippen LogP contribution in [0.15, 0.2) is 0 Å². The van der Waals surface area contributed by atoms with Gasteiger partial charge in [-0.25, -0.2) is 0 Å². The zero-order chi connectivity index (χ0) is 11.3. The summed E-state index contributed by atoms with van der Waals surface area (Å²) in [5.74, 6) is -0.268. The molecule has 0 spiro atoms. The maximum atomic E-state index is 11.7. The van der Waals surface area contributed by atoms with E-state index in [4.69, 9.17) is 25.0 Å². The summed E-state index contributed by atoms with van der Waals surface area (Å²) in [6.07, 6.45) is 1.88. The molecule has 0 bridgehead atoms. The Kier molecular flexibility index (Phi) is 5.27. The van der Waals surface area contributed by atoms with Gasteiger partial charge < -0.3 is 13.8 Å². The lowest BCUT2D eigenvalue weighted by Gasteiger charge is -2.32. The van der Waals surface area contributed by atoms with Crippen LogP contribution in [0.2, 0.25) is 0 Å². The summed E-state index contributed by atoms with van der Waals surface area (Å²) in [6.45, 7) is 4.81. The third-order valence-electron chi connectivity index (χ3n) is 2.19. The van der Waals surface area contributed by atoms with Crippen LogP contribution in [0.4, 0.5) is 0 Å². The minimum Gasteiger partial charge on any atom is -0.465 e. The quantitative estimate of drug-likeness (QED) is 0.440. The molecule has 0 unspecified atom stereocenters. The topological polar surface area (TPSA) is 44.8 Å². The molecule has 1 saturated heterocycles. The van der Waals surface area contributed by atoms with Crippen molar-refractivity contribution in [1.82, 2.24) is 0 Å². The average Bonchev–Trinajstić information content (AvgIpc) is 2.23.